The minimum absolute atomic E-state index is 0.115. The second kappa shape index (κ2) is 5.45. The Kier molecular flexibility index (Phi) is 4.23. The van der Waals surface area contributed by atoms with E-state index < -0.39 is 5.97 Å². The molecule has 0 amide bonds. The van der Waals surface area contributed by atoms with Crippen molar-refractivity contribution >= 4 is 12.2 Å². The van der Waals surface area contributed by atoms with Crippen LogP contribution in [0, 0.1) is 5.41 Å². The van der Waals surface area contributed by atoms with E-state index in [2.05, 4.69) is 0 Å². The second-order valence-electron chi connectivity index (χ2n) is 3.53. The van der Waals surface area contributed by atoms with Gasteiger partial charge in [0.1, 0.15) is 0 Å². The third-order valence-electron chi connectivity index (χ3n) is 2.72. The van der Waals surface area contributed by atoms with E-state index in [-0.39, 0.29) is 5.92 Å². The highest BCUT2D eigenvalue weighted by molar-refractivity contribution is 5.88. The van der Waals surface area contributed by atoms with Crippen LogP contribution in [0.3, 0.4) is 0 Å². The van der Waals surface area contributed by atoms with E-state index in [1.54, 1.807) is 12.1 Å². The number of hydrogen-bond donors (Lipinski definition) is 2. The first-order chi connectivity index (χ1) is 7.72. The third kappa shape index (κ3) is 2.30. The van der Waals surface area contributed by atoms with Gasteiger partial charge in [-0.15, -0.1) is 0 Å². The van der Waals surface area contributed by atoms with E-state index in [0.29, 0.717) is 5.56 Å². The molecule has 0 aliphatic heterocycles. The lowest BCUT2D eigenvalue weighted by Crippen LogP contribution is -2.00. The van der Waals surface area contributed by atoms with Crippen LogP contribution in [-0.4, -0.2) is 17.3 Å². The molecule has 16 heavy (non-hydrogen) atoms. The molecule has 1 aromatic carbocycles. The molecule has 1 unspecified atom stereocenters. The monoisotopic (exact) mass is 219 g/mol. The van der Waals surface area contributed by atoms with E-state index >= 15 is 0 Å². The first-order valence-electron chi connectivity index (χ1n) is 5.59. The van der Waals surface area contributed by atoms with E-state index in [1.165, 1.54) is 11.8 Å². The average molecular weight is 219 g/mol. The van der Waals surface area contributed by atoms with Gasteiger partial charge < -0.3 is 10.5 Å². The Bertz CT molecular complexity index is 399. The molecule has 3 heteroatoms. The molecule has 0 saturated heterocycles. The molecule has 0 heterocycles. The van der Waals surface area contributed by atoms with Crippen LogP contribution in [0.5, 0.6) is 0 Å². The summed E-state index contributed by atoms with van der Waals surface area (Å²) in [6.45, 7) is 4.00. The Morgan fingerprint density at radius 1 is 1.50 bits per heavy atom. The quantitative estimate of drug-likeness (QED) is 0.751. The molecule has 86 valence electrons. The van der Waals surface area contributed by atoms with Crippen molar-refractivity contribution in [2.24, 2.45) is 0 Å². The number of fused-ring (bicyclic) bond motifs is 1. The predicted molar refractivity (Wildman–Crippen MR) is 64.6 cm³/mol. The van der Waals surface area contributed by atoms with Crippen molar-refractivity contribution in [1.29, 1.82) is 5.41 Å². The third-order valence-corrected chi connectivity index (χ3v) is 2.72. The van der Waals surface area contributed by atoms with Gasteiger partial charge in [-0.25, -0.2) is 4.79 Å². The van der Waals surface area contributed by atoms with Gasteiger partial charge in [-0.05, 0) is 36.1 Å². The molecule has 0 aromatic heterocycles. The Morgan fingerprint density at radius 2 is 2.19 bits per heavy atom. The minimum atomic E-state index is -0.900. The van der Waals surface area contributed by atoms with Crippen molar-refractivity contribution in [3.8, 4) is 0 Å². The normalized spacial score (nSPS) is 17.0. The fraction of sp³-hybridized carbons (Fsp3) is 0.385. The molecular weight excluding hydrogens is 202 g/mol. The van der Waals surface area contributed by atoms with Gasteiger partial charge >= 0.3 is 5.97 Å². The lowest BCUT2D eigenvalue weighted by molar-refractivity contribution is 0.0697. The molecule has 0 saturated carbocycles. The molecule has 0 spiro atoms. The first kappa shape index (κ1) is 12.4. The van der Waals surface area contributed by atoms with Crippen LogP contribution < -0.4 is 0 Å². The number of hydrogen-bond acceptors (Lipinski definition) is 2. The van der Waals surface area contributed by atoms with Crippen molar-refractivity contribution in [3.05, 3.63) is 34.9 Å². The Balaban J connectivity index is 0.000000606. The van der Waals surface area contributed by atoms with Gasteiger partial charge in [-0.1, -0.05) is 19.9 Å². The van der Waals surface area contributed by atoms with Gasteiger partial charge in [-0.2, -0.15) is 0 Å². The summed E-state index contributed by atoms with van der Waals surface area (Å²) < 4.78 is 0. The van der Waals surface area contributed by atoms with Gasteiger partial charge in [0.15, 0.2) is 0 Å². The number of benzene rings is 1. The topological polar surface area (TPSA) is 61.2 Å². The van der Waals surface area contributed by atoms with Crippen LogP contribution >= 0.6 is 0 Å². The lowest BCUT2D eigenvalue weighted by atomic mass is 10.0. The van der Waals surface area contributed by atoms with E-state index in [0.717, 1.165) is 18.4 Å². The summed E-state index contributed by atoms with van der Waals surface area (Å²) in [5.74, 6) is -0.785. The Hall–Kier alpha value is -1.64. The molecule has 1 atom stereocenters. The summed E-state index contributed by atoms with van der Waals surface area (Å²) in [5, 5.41) is 16.1. The number of nitrogens with one attached hydrogen (secondary N) is 1. The maximum Gasteiger partial charge on any atom is 0.335 e. The molecule has 2 N–H and O–H groups in total. The summed E-state index contributed by atoms with van der Waals surface area (Å²) in [4.78, 5) is 10.7. The van der Waals surface area contributed by atoms with Crippen LogP contribution in [0.2, 0.25) is 0 Å². The predicted octanol–water partition coefficient (Wildman–Crippen LogP) is 3.09. The fourth-order valence-corrected chi connectivity index (χ4v) is 1.94. The number of aromatic carboxylic acids is 1. The van der Waals surface area contributed by atoms with Gasteiger partial charge in [-0.3, -0.25) is 0 Å². The number of aryl methyl sites for hydroxylation is 1. The maximum atomic E-state index is 10.7. The minimum Gasteiger partial charge on any atom is -0.478 e. The van der Waals surface area contributed by atoms with Crippen molar-refractivity contribution < 1.29 is 9.90 Å². The van der Waals surface area contributed by atoms with Crippen LogP contribution in [0.25, 0.3) is 0 Å². The van der Waals surface area contributed by atoms with Crippen molar-refractivity contribution in [1.82, 2.24) is 0 Å². The highest BCUT2D eigenvalue weighted by Crippen LogP contribution is 2.32. The average Bonchev–Trinajstić information content (AvgIpc) is 2.73. The lowest BCUT2D eigenvalue weighted by Gasteiger charge is -2.05. The van der Waals surface area contributed by atoms with Crippen LogP contribution in [0.15, 0.2) is 18.2 Å². The molecule has 0 radical (unpaired) electrons. The highest BCUT2D eigenvalue weighted by atomic mass is 16.4. The standard InChI is InChI=1S/C11H11NO2.C2H6/c12-6-9-4-2-7-1-3-8(11(13)14)5-10(7)9;1-2/h1,3,5-6,9,12H,2,4H2,(H,13,14);1-2H3. The van der Waals surface area contributed by atoms with Gasteiger partial charge in [0.2, 0.25) is 0 Å². The summed E-state index contributed by atoms with van der Waals surface area (Å²) in [7, 11) is 0. The molecular formula is C13H17NO2. The molecule has 3 nitrogen and oxygen atoms in total. The molecule has 2 rings (SSSR count). The summed E-state index contributed by atoms with van der Waals surface area (Å²) in [5.41, 5.74) is 2.51. The van der Waals surface area contributed by atoms with E-state index in [1.807, 2.05) is 19.9 Å². The second-order valence-corrected chi connectivity index (χ2v) is 3.53. The zero-order chi connectivity index (χ0) is 12.1. The van der Waals surface area contributed by atoms with Crippen LogP contribution in [0.1, 0.15) is 47.7 Å². The number of carboxylic acid groups (broad SMARTS) is 1. The largest absolute Gasteiger partial charge is 0.478 e. The Morgan fingerprint density at radius 3 is 2.75 bits per heavy atom. The summed E-state index contributed by atoms with van der Waals surface area (Å²) >= 11 is 0. The zero-order valence-electron chi connectivity index (χ0n) is 9.66. The first-order valence-corrected chi connectivity index (χ1v) is 5.59. The molecule has 1 aliphatic carbocycles. The smallest absolute Gasteiger partial charge is 0.335 e. The van der Waals surface area contributed by atoms with Crippen LogP contribution in [-0.2, 0) is 6.42 Å². The van der Waals surface area contributed by atoms with Crippen molar-refractivity contribution in [2.75, 3.05) is 0 Å². The van der Waals surface area contributed by atoms with Crippen molar-refractivity contribution in [3.63, 3.8) is 0 Å². The molecule has 1 aromatic rings. The van der Waals surface area contributed by atoms with Gasteiger partial charge in [0, 0.05) is 12.1 Å². The summed E-state index contributed by atoms with van der Waals surface area (Å²) in [6, 6.07) is 5.19. The fourth-order valence-electron chi connectivity index (χ4n) is 1.94. The summed E-state index contributed by atoms with van der Waals surface area (Å²) in [6.07, 6.45) is 3.29. The van der Waals surface area contributed by atoms with E-state index in [4.69, 9.17) is 10.5 Å². The van der Waals surface area contributed by atoms with Crippen LogP contribution in [0.4, 0.5) is 0 Å². The zero-order valence-corrected chi connectivity index (χ0v) is 9.66. The van der Waals surface area contributed by atoms with E-state index in [9.17, 15) is 4.79 Å². The number of carboxylic acids is 1. The number of rotatable bonds is 2. The molecule has 0 bridgehead atoms. The van der Waals surface area contributed by atoms with Crippen molar-refractivity contribution in [2.45, 2.75) is 32.6 Å². The SMILES string of the molecule is CC.N=CC1CCc2ccc(C(=O)O)cc21. The molecule has 1 aliphatic rings. The highest BCUT2D eigenvalue weighted by Gasteiger charge is 2.21. The maximum absolute atomic E-state index is 10.7. The number of carbonyl (C=O) groups is 1. The van der Waals surface area contributed by atoms with Gasteiger partial charge in [0.05, 0.1) is 5.56 Å². The molecule has 0 fully saturated rings. The van der Waals surface area contributed by atoms with Gasteiger partial charge in [0.25, 0.3) is 0 Å². The Labute approximate surface area is 95.6 Å².